The third-order valence-electron chi connectivity index (χ3n) is 3.83. The van der Waals surface area contributed by atoms with Gasteiger partial charge >= 0.3 is 0 Å². The molecule has 0 aromatic rings. The van der Waals surface area contributed by atoms with Crippen LogP contribution < -0.4 is 5.73 Å². The van der Waals surface area contributed by atoms with Gasteiger partial charge in [0.25, 0.3) is 0 Å². The van der Waals surface area contributed by atoms with Gasteiger partial charge in [-0.15, -0.1) is 17.0 Å². The first-order chi connectivity index (χ1) is 11.3. The van der Waals surface area contributed by atoms with Gasteiger partial charge in [-0.25, -0.2) is 0 Å². The fourth-order valence-corrected chi connectivity index (χ4v) is 2.86. The summed E-state index contributed by atoms with van der Waals surface area (Å²) in [6.45, 7) is 2.29. The minimum atomic E-state index is 0. The number of unbranched alkanes of at least 4 members (excludes halogenated alkanes) is 13. The summed E-state index contributed by atoms with van der Waals surface area (Å²) in [4.78, 5) is 0.213. The molecule has 1 nitrogen and oxygen atoms in total. The Morgan fingerprint density at radius 1 is 0.583 bits per heavy atom. The molecule has 0 heterocycles. The van der Waals surface area contributed by atoms with Crippen LogP contribution >= 0.6 is 64.8 Å². The van der Waals surface area contributed by atoms with Crippen LogP contribution in [0.25, 0.3) is 0 Å². The summed E-state index contributed by atoms with van der Waals surface area (Å²) in [7, 11) is 0. The Morgan fingerprint density at radius 2 is 0.833 bits per heavy atom. The van der Waals surface area contributed by atoms with E-state index in [2.05, 4.69) is 54.7 Å². The van der Waals surface area contributed by atoms with Crippen LogP contribution in [0.1, 0.15) is 103 Å². The predicted octanol–water partition coefficient (Wildman–Crippen LogP) is 9.14. The molecular weight excluding hydrogens is 562 g/mol. The predicted molar refractivity (Wildman–Crippen MR) is 132 cm³/mol. The molecular formula is C19H43Br4N. The zero-order valence-corrected chi connectivity index (χ0v) is 22.8. The van der Waals surface area contributed by atoms with Gasteiger partial charge in [-0.3, -0.25) is 0 Å². The Kier molecular flexibility index (Phi) is 50.1. The van der Waals surface area contributed by atoms with Crippen LogP contribution in [0.4, 0.5) is 0 Å². The molecule has 0 bridgehead atoms. The number of nitrogens with two attached hydrogens (primary N) is 1. The van der Waals surface area contributed by atoms with E-state index in [0.717, 1.165) is 6.42 Å². The number of rotatable bonds is 15. The molecule has 0 fully saturated rings. The summed E-state index contributed by atoms with van der Waals surface area (Å²) in [5.74, 6) is 3.62. The van der Waals surface area contributed by atoms with E-state index in [1.165, 1.54) is 89.9 Å². The van der Waals surface area contributed by atoms with Crippen LogP contribution in [0, 0.1) is 0 Å². The normalized spacial score (nSPS) is 10.6. The second-order valence-corrected chi connectivity index (χ2v) is 7.08. The highest BCUT2D eigenvalue weighted by Crippen LogP contribution is 2.13. The maximum Gasteiger partial charge on any atom is 0.0605 e. The lowest BCUT2D eigenvalue weighted by atomic mass is 10.0. The molecule has 0 aliphatic carbocycles. The van der Waals surface area contributed by atoms with Gasteiger partial charge in [-0.2, -0.15) is 0 Å². The number of hydrogen-bond acceptors (Lipinski definition) is 1. The molecule has 0 aliphatic rings. The third kappa shape index (κ3) is 39.1. The van der Waals surface area contributed by atoms with Gasteiger partial charge in [0.1, 0.15) is 0 Å². The second kappa shape index (κ2) is 35.9. The molecule has 2 N–H and O–H groups in total. The first-order valence-corrected chi connectivity index (χ1v) is 13.5. The van der Waals surface area contributed by atoms with Gasteiger partial charge in [0.15, 0.2) is 0 Å². The Hall–Kier alpha value is 1.88. The van der Waals surface area contributed by atoms with Gasteiger partial charge in [0, 0.05) is 0 Å². The fourth-order valence-electron chi connectivity index (χ4n) is 2.53. The van der Waals surface area contributed by atoms with E-state index >= 15 is 0 Å². The Morgan fingerprint density at radius 3 is 1.08 bits per heavy atom. The van der Waals surface area contributed by atoms with Gasteiger partial charge in [-0.1, -0.05) is 145 Å². The molecule has 0 radical (unpaired) electrons. The summed E-state index contributed by atoms with van der Waals surface area (Å²) in [6.07, 6.45) is 21.0. The van der Waals surface area contributed by atoms with Crippen molar-refractivity contribution >= 4 is 64.8 Å². The second-order valence-electron chi connectivity index (χ2n) is 5.90. The Labute approximate surface area is 189 Å². The number of alkyl halides is 3. The molecule has 0 aromatic heterocycles. The van der Waals surface area contributed by atoms with E-state index in [0.29, 0.717) is 0 Å². The van der Waals surface area contributed by atoms with Gasteiger partial charge in [-0.05, 0) is 18.1 Å². The first-order valence-electron chi connectivity index (χ1n) is 9.42. The highest BCUT2D eigenvalue weighted by Gasteiger charge is 1.96. The van der Waals surface area contributed by atoms with E-state index in [9.17, 15) is 0 Å². The van der Waals surface area contributed by atoms with Crippen molar-refractivity contribution in [2.75, 3.05) is 11.7 Å². The summed E-state index contributed by atoms with van der Waals surface area (Å²) in [5, 5.41) is 0. The number of halogens is 4. The standard InChI is InChI=1S/C17H36BrN.2CH3Br.BrH/c1-2-3-4-5-6-7-8-9-10-11-12-13-14-15-16-17(18)19;2*1-2;/h17H,2-16,19H2,1H3;2*1H3;1H. The van der Waals surface area contributed by atoms with Crippen LogP contribution in [0.5, 0.6) is 0 Å². The molecule has 0 rings (SSSR count). The van der Waals surface area contributed by atoms with Crippen molar-refractivity contribution in [3.8, 4) is 0 Å². The Balaban J connectivity index is -0.000000369. The van der Waals surface area contributed by atoms with Crippen molar-refractivity contribution in [3.63, 3.8) is 0 Å². The van der Waals surface area contributed by atoms with E-state index in [4.69, 9.17) is 5.73 Å². The van der Waals surface area contributed by atoms with Crippen molar-refractivity contribution in [2.45, 2.75) is 108 Å². The maximum atomic E-state index is 5.66. The molecule has 0 saturated heterocycles. The van der Waals surface area contributed by atoms with Crippen molar-refractivity contribution in [1.82, 2.24) is 0 Å². The smallest absolute Gasteiger partial charge is 0.0605 e. The average Bonchev–Trinajstić information content (AvgIpc) is 2.58. The quantitative estimate of drug-likeness (QED) is 0.113. The Bertz CT molecular complexity index is 169. The highest BCUT2D eigenvalue weighted by atomic mass is 79.9. The van der Waals surface area contributed by atoms with Crippen LogP contribution in [0.2, 0.25) is 0 Å². The van der Waals surface area contributed by atoms with Crippen LogP contribution in [-0.2, 0) is 0 Å². The lowest BCUT2D eigenvalue weighted by Gasteiger charge is -2.04. The monoisotopic (exact) mass is 601 g/mol. The molecule has 0 saturated carbocycles. The minimum absolute atomic E-state index is 0. The molecule has 0 aliphatic heterocycles. The van der Waals surface area contributed by atoms with Crippen LogP contribution in [-0.4, -0.2) is 16.6 Å². The zero-order chi connectivity index (χ0) is 18.2. The molecule has 152 valence electrons. The minimum Gasteiger partial charge on any atom is -0.319 e. The van der Waals surface area contributed by atoms with Crippen molar-refractivity contribution in [3.05, 3.63) is 0 Å². The number of hydrogen-bond donors (Lipinski definition) is 1. The maximum absolute atomic E-state index is 5.66. The zero-order valence-electron chi connectivity index (χ0n) is 16.3. The van der Waals surface area contributed by atoms with E-state index in [1.54, 1.807) is 0 Å². The van der Waals surface area contributed by atoms with Crippen LogP contribution in [0.3, 0.4) is 0 Å². The summed E-state index contributed by atoms with van der Waals surface area (Å²) in [5.41, 5.74) is 5.66. The van der Waals surface area contributed by atoms with E-state index in [-0.39, 0.29) is 21.9 Å². The highest BCUT2D eigenvalue weighted by molar-refractivity contribution is 9.09. The molecule has 0 amide bonds. The van der Waals surface area contributed by atoms with Gasteiger partial charge in [0.05, 0.1) is 4.95 Å². The molecule has 5 heteroatoms. The lowest BCUT2D eigenvalue weighted by molar-refractivity contribution is 0.532. The summed E-state index contributed by atoms with van der Waals surface area (Å²) in [6, 6.07) is 0. The van der Waals surface area contributed by atoms with Crippen LogP contribution in [0.15, 0.2) is 0 Å². The lowest BCUT2D eigenvalue weighted by Crippen LogP contribution is -2.09. The summed E-state index contributed by atoms with van der Waals surface area (Å²) >= 11 is 9.26. The molecule has 0 spiro atoms. The molecule has 1 atom stereocenters. The largest absolute Gasteiger partial charge is 0.319 e. The fraction of sp³-hybridized carbons (Fsp3) is 1.00. The van der Waals surface area contributed by atoms with Gasteiger partial charge in [0.2, 0.25) is 0 Å². The molecule has 1 unspecified atom stereocenters. The first kappa shape index (κ1) is 33.5. The van der Waals surface area contributed by atoms with E-state index < -0.39 is 0 Å². The average molecular weight is 605 g/mol. The SMILES string of the molecule is Br.CBr.CBr.CCCCCCCCCCCCCCCCC(N)Br. The topological polar surface area (TPSA) is 26.0 Å². The third-order valence-corrected chi connectivity index (χ3v) is 4.29. The van der Waals surface area contributed by atoms with Gasteiger partial charge < -0.3 is 5.73 Å². The van der Waals surface area contributed by atoms with Crippen molar-refractivity contribution < 1.29 is 0 Å². The summed E-state index contributed by atoms with van der Waals surface area (Å²) < 4.78 is 0. The van der Waals surface area contributed by atoms with E-state index in [1.807, 2.05) is 11.7 Å². The van der Waals surface area contributed by atoms with Crippen molar-refractivity contribution in [2.24, 2.45) is 5.73 Å². The molecule has 0 aromatic carbocycles. The molecule has 24 heavy (non-hydrogen) atoms. The van der Waals surface area contributed by atoms with Crippen molar-refractivity contribution in [1.29, 1.82) is 0 Å².